The first-order chi connectivity index (χ1) is 9.65. The van der Waals surface area contributed by atoms with E-state index in [0.29, 0.717) is 19.8 Å². The molecule has 20 heavy (non-hydrogen) atoms. The van der Waals surface area contributed by atoms with Gasteiger partial charge in [-0.3, -0.25) is 4.79 Å². The minimum absolute atomic E-state index is 0.194. The number of amides is 1. The van der Waals surface area contributed by atoms with Gasteiger partial charge in [-0.2, -0.15) is 0 Å². The molecule has 0 aliphatic carbocycles. The Morgan fingerprint density at radius 1 is 1.45 bits per heavy atom. The van der Waals surface area contributed by atoms with Crippen LogP contribution in [0.4, 0.5) is 0 Å². The van der Waals surface area contributed by atoms with Crippen LogP contribution in [-0.4, -0.2) is 42.9 Å². The highest BCUT2D eigenvalue weighted by Crippen LogP contribution is 2.17. The highest BCUT2D eigenvalue weighted by molar-refractivity contribution is 7.12. The summed E-state index contributed by atoms with van der Waals surface area (Å²) in [5.41, 5.74) is 0. The topological polar surface area (TPSA) is 84.9 Å². The Morgan fingerprint density at radius 2 is 2.30 bits per heavy atom. The average Bonchev–Trinajstić information content (AvgIpc) is 2.91. The number of carboxylic acid groups (broad SMARTS) is 1. The summed E-state index contributed by atoms with van der Waals surface area (Å²) >= 11 is 1.43. The second-order valence-corrected chi connectivity index (χ2v) is 5.33. The van der Waals surface area contributed by atoms with E-state index in [-0.39, 0.29) is 12.5 Å². The molecule has 6 nitrogen and oxygen atoms in total. The van der Waals surface area contributed by atoms with Crippen molar-refractivity contribution < 1.29 is 24.2 Å². The predicted molar refractivity (Wildman–Crippen MR) is 73.4 cm³/mol. The molecule has 1 unspecified atom stereocenters. The molecule has 2 rings (SSSR count). The molecular formula is C13H15NO5S. The maximum absolute atomic E-state index is 11.8. The number of thiophene rings is 1. The van der Waals surface area contributed by atoms with Crippen LogP contribution in [0.15, 0.2) is 18.2 Å². The molecule has 1 saturated heterocycles. The van der Waals surface area contributed by atoms with Gasteiger partial charge in [0.05, 0.1) is 26.4 Å². The van der Waals surface area contributed by atoms with E-state index in [1.54, 1.807) is 0 Å². The third-order valence-corrected chi connectivity index (χ3v) is 3.67. The maximum Gasteiger partial charge on any atom is 0.328 e. The maximum atomic E-state index is 11.8. The number of ether oxygens (including phenoxy) is 2. The van der Waals surface area contributed by atoms with Crippen molar-refractivity contribution in [2.75, 3.05) is 19.8 Å². The van der Waals surface area contributed by atoms with Gasteiger partial charge in [0.1, 0.15) is 0 Å². The highest BCUT2D eigenvalue weighted by Gasteiger charge is 2.22. The van der Waals surface area contributed by atoms with E-state index in [9.17, 15) is 9.59 Å². The summed E-state index contributed by atoms with van der Waals surface area (Å²) in [6, 6.07) is 3.66. The molecule has 108 valence electrons. The summed E-state index contributed by atoms with van der Waals surface area (Å²) in [6.07, 6.45) is 2.06. The van der Waals surface area contributed by atoms with Crippen LogP contribution in [0.5, 0.6) is 0 Å². The summed E-state index contributed by atoms with van der Waals surface area (Å²) in [5, 5.41) is 11.3. The molecule has 2 heterocycles. The smallest absolute Gasteiger partial charge is 0.328 e. The van der Waals surface area contributed by atoms with Gasteiger partial charge in [0.2, 0.25) is 0 Å². The number of carbonyl (C=O) groups is 2. The number of nitrogens with one attached hydrogen (secondary N) is 1. The van der Waals surface area contributed by atoms with Crippen LogP contribution in [0.3, 0.4) is 0 Å². The van der Waals surface area contributed by atoms with E-state index in [1.807, 2.05) is 12.1 Å². The highest BCUT2D eigenvalue weighted by atomic mass is 32.1. The van der Waals surface area contributed by atoms with Gasteiger partial charge in [-0.1, -0.05) is 0 Å². The molecule has 7 heteroatoms. The zero-order valence-corrected chi connectivity index (χ0v) is 11.5. The first-order valence-corrected chi connectivity index (χ1v) is 6.93. The summed E-state index contributed by atoms with van der Waals surface area (Å²) in [4.78, 5) is 24.0. The first-order valence-electron chi connectivity index (χ1n) is 6.12. The van der Waals surface area contributed by atoms with Crippen molar-refractivity contribution in [2.24, 2.45) is 0 Å². The Labute approximate surface area is 120 Å². The molecule has 0 saturated carbocycles. The van der Waals surface area contributed by atoms with E-state index >= 15 is 0 Å². The van der Waals surface area contributed by atoms with Crippen molar-refractivity contribution >= 4 is 29.3 Å². The third kappa shape index (κ3) is 4.44. The van der Waals surface area contributed by atoms with Gasteiger partial charge >= 0.3 is 5.97 Å². The number of hydrogen-bond acceptors (Lipinski definition) is 5. The van der Waals surface area contributed by atoms with Crippen molar-refractivity contribution in [3.63, 3.8) is 0 Å². The van der Waals surface area contributed by atoms with Gasteiger partial charge in [0.15, 0.2) is 6.10 Å². The predicted octanol–water partition coefficient (Wildman–Crippen LogP) is 0.877. The first kappa shape index (κ1) is 14.7. The fourth-order valence-corrected chi connectivity index (χ4v) is 2.52. The molecular weight excluding hydrogens is 282 g/mol. The lowest BCUT2D eigenvalue weighted by molar-refractivity contribution is -0.147. The van der Waals surface area contributed by atoms with Gasteiger partial charge in [0.25, 0.3) is 5.91 Å². The lowest BCUT2D eigenvalue weighted by Gasteiger charge is -2.21. The number of carboxylic acids is 1. The van der Waals surface area contributed by atoms with Crippen molar-refractivity contribution in [1.29, 1.82) is 0 Å². The molecule has 1 aliphatic rings. The second-order valence-electron chi connectivity index (χ2n) is 4.13. The SMILES string of the molecule is O=C(O)C=Cc1ccc(CNC(=O)C2COCCO2)s1. The summed E-state index contributed by atoms with van der Waals surface area (Å²) in [7, 11) is 0. The van der Waals surface area contributed by atoms with Crippen molar-refractivity contribution in [2.45, 2.75) is 12.6 Å². The Kier molecular flexibility index (Phi) is 5.28. The van der Waals surface area contributed by atoms with Crippen LogP contribution in [-0.2, 0) is 25.6 Å². The number of hydrogen-bond donors (Lipinski definition) is 2. The Morgan fingerprint density at radius 3 is 3.00 bits per heavy atom. The van der Waals surface area contributed by atoms with Crippen LogP contribution in [0.2, 0.25) is 0 Å². The average molecular weight is 297 g/mol. The van der Waals surface area contributed by atoms with Gasteiger partial charge in [-0.05, 0) is 18.2 Å². The molecule has 1 amide bonds. The molecule has 1 aromatic heterocycles. The molecule has 2 N–H and O–H groups in total. The van der Waals surface area contributed by atoms with Crippen molar-refractivity contribution in [1.82, 2.24) is 5.32 Å². The van der Waals surface area contributed by atoms with Crippen molar-refractivity contribution in [3.05, 3.63) is 28.0 Å². The fourth-order valence-electron chi connectivity index (χ4n) is 1.66. The fraction of sp³-hybridized carbons (Fsp3) is 0.385. The molecule has 0 aromatic carbocycles. The quantitative estimate of drug-likeness (QED) is 0.788. The van der Waals surface area contributed by atoms with E-state index in [2.05, 4.69) is 5.32 Å². The van der Waals surface area contributed by atoms with Gasteiger partial charge < -0.3 is 19.9 Å². The molecule has 0 spiro atoms. The van der Waals surface area contributed by atoms with Crippen LogP contribution in [0.25, 0.3) is 6.08 Å². The van der Waals surface area contributed by atoms with Gasteiger partial charge in [-0.25, -0.2) is 4.79 Å². The van der Waals surface area contributed by atoms with E-state index in [1.165, 1.54) is 17.4 Å². The van der Waals surface area contributed by atoms with Crippen molar-refractivity contribution in [3.8, 4) is 0 Å². The summed E-state index contributed by atoms with van der Waals surface area (Å²) in [5.74, 6) is -1.18. The molecule has 0 radical (unpaired) electrons. The molecule has 1 aromatic rings. The third-order valence-electron chi connectivity index (χ3n) is 2.62. The molecule has 0 bridgehead atoms. The zero-order valence-electron chi connectivity index (χ0n) is 10.7. The van der Waals surface area contributed by atoms with E-state index < -0.39 is 12.1 Å². The van der Waals surface area contributed by atoms with Crippen LogP contribution in [0, 0.1) is 0 Å². The monoisotopic (exact) mass is 297 g/mol. The molecule has 1 aliphatic heterocycles. The standard InChI is InChI=1S/C13H15NO5S/c15-12(16)4-3-9-1-2-10(20-9)7-14-13(17)11-8-18-5-6-19-11/h1-4,11H,5-8H2,(H,14,17)(H,15,16). The molecule has 1 fully saturated rings. The number of carbonyl (C=O) groups excluding carboxylic acids is 1. The Balaban J connectivity index is 1.81. The van der Waals surface area contributed by atoms with Crippen LogP contribution in [0.1, 0.15) is 9.75 Å². The van der Waals surface area contributed by atoms with E-state index in [4.69, 9.17) is 14.6 Å². The number of aliphatic carboxylic acids is 1. The molecule has 1 atom stereocenters. The largest absolute Gasteiger partial charge is 0.478 e. The number of rotatable bonds is 5. The van der Waals surface area contributed by atoms with Crippen LogP contribution < -0.4 is 5.32 Å². The van der Waals surface area contributed by atoms with Gasteiger partial charge in [0, 0.05) is 15.8 Å². The lowest BCUT2D eigenvalue weighted by atomic mass is 10.3. The second kappa shape index (κ2) is 7.18. The van der Waals surface area contributed by atoms with E-state index in [0.717, 1.165) is 15.8 Å². The zero-order chi connectivity index (χ0) is 14.4. The summed E-state index contributed by atoms with van der Waals surface area (Å²) < 4.78 is 10.5. The lowest BCUT2D eigenvalue weighted by Crippen LogP contribution is -2.42. The van der Waals surface area contributed by atoms with Gasteiger partial charge in [-0.15, -0.1) is 11.3 Å². The summed E-state index contributed by atoms with van der Waals surface area (Å²) in [6.45, 7) is 1.63. The normalized spacial score (nSPS) is 19.1. The Hall–Kier alpha value is -1.70. The minimum atomic E-state index is -0.984. The van der Waals surface area contributed by atoms with Crippen LogP contribution >= 0.6 is 11.3 Å². The minimum Gasteiger partial charge on any atom is -0.478 e. The Bertz CT molecular complexity index is 505.